The van der Waals surface area contributed by atoms with E-state index in [1.165, 1.54) is 12.1 Å². The minimum atomic E-state index is -1.60. The molecule has 1 N–H and O–H groups in total. The topological polar surface area (TPSA) is 78.1 Å². The molecule has 1 spiro atoms. The van der Waals surface area contributed by atoms with Gasteiger partial charge in [-0.1, -0.05) is 38.1 Å². The normalized spacial score (nSPS) is 22.4. The number of anilines is 2. The molecule has 3 aliphatic rings. The monoisotopic (exact) mass is 478 g/mol. The number of amides is 1. The first kappa shape index (κ1) is 22.1. The summed E-state index contributed by atoms with van der Waals surface area (Å²) in [6, 6.07) is 19.2. The largest absolute Gasteiger partial charge is 0.324 e. The fourth-order valence-corrected chi connectivity index (χ4v) is 5.94. The number of halogens is 1. The number of allylic oxidation sites excluding steroid dienone is 1. The predicted octanol–water partition coefficient (Wildman–Crippen LogP) is 5.37. The molecule has 0 radical (unpaired) electrons. The third-order valence-corrected chi connectivity index (χ3v) is 7.25. The molecule has 2 aliphatic heterocycles. The summed E-state index contributed by atoms with van der Waals surface area (Å²) in [7, 11) is 0. The fourth-order valence-electron chi connectivity index (χ4n) is 5.94. The summed E-state index contributed by atoms with van der Waals surface area (Å²) in [6.45, 7) is 4.01. The van der Waals surface area contributed by atoms with Crippen molar-refractivity contribution >= 4 is 28.9 Å². The van der Waals surface area contributed by atoms with Gasteiger partial charge in [-0.3, -0.25) is 14.5 Å². The van der Waals surface area contributed by atoms with Crippen LogP contribution in [0, 0.1) is 22.6 Å². The van der Waals surface area contributed by atoms with E-state index in [9.17, 15) is 19.2 Å². The number of Topliss-reactive ketones (excluding diaryl/α,β-unsaturated/α-hetero) is 1. The van der Waals surface area contributed by atoms with E-state index in [4.69, 9.17) is 0 Å². The number of benzene rings is 2. The van der Waals surface area contributed by atoms with Gasteiger partial charge in [-0.2, -0.15) is 5.26 Å². The smallest absolute Gasteiger partial charge is 0.245 e. The number of fused-ring (bicyclic) bond motifs is 3. The number of hydrogen-bond acceptors (Lipinski definition) is 4. The van der Waals surface area contributed by atoms with Gasteiger partial charge in [0, 0.05) is 41.3 Å². The van der Waals surface area contributed by atoms with E-state index in [1.807, 2.05) is 38.1 Å². The van der Waals surface area contributed by atoms with Crippen LogP contribution >= 0.6 is 0 Å². The molecule has 1 aromatic heterocycles. The second-order valence-electron chi connectivity index (χ2n) is 10.2. The molecule has 7 heteroatoms. The summed E-state index contributed by atoms with van der Waals surface area (Å²) < 4.78 is 16.3. The molecular formula is C29H23FN4O2. The number of ketones is 1. The van der Waals surface area contributed by atoms with Gasteiger partial charge in [-0.25, -0.2) is 4.39 Å². The first-order chi connectivity index (χ1) is 17.3. The highest BCUT2D eigenvalue weighted by Gasteiger charge is 2.61. The van der Waals surface area contributed by atoms with Crippen LogP contribution in [0.5, 0.6) is 0 Å². The maximum atomic E-state index is 14.5. The second kappa shape index (κ2) is 7.53. The highest BCUT2D eigenvalue weighted by atomic mass is 19.1. The predicted molar refractivity (Wildman–Crippen MR) is 134 cm³/mol. The Bertz CT molecular complexity index is 1560. The molecule has 36 heavy (non-hydrogen) atoms. The molecule has 0 bridgehead atoms. The molecule has 1 aliphatic carbocycles. The highest BCUT2D eigenvalue weighted by Crippen LogP contribution is 2.58. The standard InChI is InChI=1S/C29H23FN4O2/c1-28(2)15-23-25(24(35)16-28)29(20-10-3-4-11-22(20)32-27(29)36)21(17-31)26(33-12-5-6-13-33)34(23)19-9-7-8-18(30)14-19/h3-14H,15-16H2,1-2H3,(H,32,36)/t29-/m0/s1. The van der Waals surface area contributed by atoms with Gasteiger partial charge in [0.25, 0.3) is 0 Å². The Morgan fingerprint density at radius 1 is 1.00 bits per heavy atom. The molecule has 0 fully saturated rings. The van der Waals surface area contributed by atoms with Gasteiger partial charge in [-0.05, 0) is 48.2 Å². The molecule has 2 aromatic carbocycles. The van der Waals surface area contributed by atoms with Crippen molar-refractivity contribution in [3.05, 3.63) is 101 Å². The van der Waals surface area contributed by atoms with E-state index in [-0.39, 0.29) is 17.8 Å². The molecule has 1 atom stereocenters. The Morgan fingerprint density at radius 2 is 1.75 bits per heavy atom. The number of nitrogens with one attached hydrogen (secondary N) is 1. The van der Waals surface area contributed by atoms with E-state index in [1.54, 1.807) is 46.1 Å². The van der Waals surface area contributed by atoms with Gasteiger partial charge in [0.2, 0.25) is 5.91 Å². The maximum absolute atomic E-state index is 14.5. The Hall–Kier alpha value is -4.44. The van der Waals surface area contributed by atoms with Crippen molar-refractivity contribution in [3.8, 4) is 6.07 Å². The zero-order valence-corrected chi connectivity index (χ0v) is 19.9. The van der Waals surface area contributed by atoms with E-state index in [0.29, 0.717) is 40.5 Å². The van der Waals surface area contributed by atoms with Gasteiger partial charge in [0.1, 0.15) is 23.1 Å². The van der Waals surface area contributed by atoms with Crippen molar-refractivity contribution in [2.75, 3.05) is 10.2 Å². The lowest BCUT2D eigenvalue weighted by Gasteiger charge is -2.47. The summed E-state index contributed by atoms with van der Waals surface area (Å²) in [4.78, 5) is 29.7. The molecule has 178 valence electrons. The van der Waals surface area contributed by atoms with E-state index < -0.39 is 22.6 Å². The summed E-state index contributed by atoms with van der Waals surface area (Å²) in [5, 5.41) is 13.6. The van der Waals surface area contributed by atoms with E-state index in [0.717, 1.165) is 0 Å². The van der Waals surface area contributed by atoms with Gasteiger partial charge in [-0.15, -0.1) is 0 Å². The highest BCUT2D eigenvalue weighted by molar-refractivity contribution is 6.21. The van der Waals surface area contributed by atoms with Crippen LogP contribution in [0.2, 0.25) is 0 Å². The Kier molecular flexibility index (Phi) is 4.61. The Labute approximate surface area is 208 Å². The van der Waals surface area contributed by atoms with Crippen molar-refractivity contribution < 1.29 is 14.0 Å². The van der Waals surface area contributed by atoms with Gasteiger partial charge >= 0.3 is 0 Å². The number of nitrogens with zero attached hydrogens (tertiary/aromatic N) is 3. The SMILES string of the molecule is CC1(C)CC(=O)C2=C(C1)N(c1cccc(F)c1)C(n1cccc1)=C(C#N)[C@]21C(=O)Nc2ccccc21. The Morgan fingerprint density at radius 3 is 2.47 bits per heavy atom. The lowest BCUT2D eigenvalue weighted by Crippen LogP contribution is -2.51. The zero-order valence-electron chi connectivity index (χ0n) is 19.9. The maximum Gasteiger partial charge on any atom is 0.245 e. The van der Waals surface area contributed by atoms with Gasteiger partial charge in [0.05, 0.1) is 11.3 Å². The lowest BCUT2D eigenvalue weighted by molar-refractivity contribution is -0.123. The fraction of sp³-hybridized carbons (Fsp3) is 0.207. The molecule has 3 heterocycles. The number of aromatic nitrogens is 1. The summed E-state index contributed by atoms with van der Waals surface area (Å²) >= 11 is 0. The number of nitriles is 1. The third kappa shape index (κ3) is 2.88. The van der Waals surface area contributed by atoms with E-state index in [2.05, 4.69) is 11.4 Å². The number of carbonyl (C=O) groups is 2. The minimum absolute atomic E-state index is 0.122. The Balaban J connectivity index is 1.80. The van der Waals surface area contributed by atoms with Crippen molar-refractivity contribution in [3.63, 3.8) is 0 Å². The summed E-state index contributed by atoms with van der Waals surface area (Å²) in [5.74, 6) is -0.645. The molecule has 1 amide bonds. The second-order valence-corrected chi connectivity index (χ2v) is 10.2. The number of rotatable bonds is 2. The van der Waals surface area contributed by atoms with Gasteiger partial charge in [0.15, 0.2) is 5.78 Å². The van der Waals surface area contributed by atoms with Crippen LogP contribution in [0.25, 0.3) is 5.82 Å². The molecule has 0 saturated heterocycles. The van der Waals surface area contributed by atoms with Crippen molar-refractivity contribution in [1.82, 2.24) is 4.57 Å². The molecule has 0 unspecified atom stereocenters. The van der Waals surface area contributed by atoms with Gasteiger partial charge < -0.3 is 9.88 Å². The molecule has 0 saturated carbocycles. The molecular weight excluding hydrogens is 455 g/mol. The zero-order chi connectivity index (χ0) is 25.2. The molecule has 6 rings (SSSR count). The van der Waals surface area contributed by atoms with Crippen molar-refractivity contribution in [2.45, 2.75) is 32.1 Å². The van der Waals surface area contributed by atoms with Crippen LogP contribution in [-0.4, -0.2) is 16.3 Å². The average Bonchev–Trinajstić information content (AvgIpc) is 3.45. The quantitative estimate of drug-likeness (QED) is 0.537. The molecule has 6 nitrogen and oxygen atoms in total. The van der Waals surface area contributed by atoms with E-state index >= 15 is 0 Å². The van der Waals surface area contributed by atoms with Crippen LogP contribution in [0.4, 0.5) is 15.8 Å². The average molecular weight is 479 g/mol. The number of carbonyl (C=O) groups excluding carboxylic acids is 2. The first-order valence-electron chi connectivity index (χ1n) is 11.8. The van der Waals surface area contributed by atoms with Crippen molar-refractivity contribution in [1.29, 1.82) is 5.26 Å². The minimum Gasteiger partial charge on any atom is -0.324 e. The third-order valence-electron chi connectivity index (χ3n) is 7.25. The van der Waals surface area contributed by atoms with Crippen LogP contribution in [0.3, 0.4) is 0 Å². The summed E-state index contributed by atoms with van der Waals surface area (Å²) in [6.07, 6.45) is 4.27. The van der Waals surface area contributed by atoms with Crippen LogP contribution in [0.15, 0.2) is 89.9 Å². The summed E-state index contributed by atoms with van der Waals surface area (Å²) in [5.41, 5.74) is 0.656. The first-order valence-corrected chi connectivity index (χ1v) is 11.8. The number of para-hydroxylation sites is 1. The molecule has 3 aromatic rings. The lowest BCUT2D eigenvalue weighted by atomic mass is 9.60. The van der Waals surface area contributed by atoms with Crippen LogP contribution in [0.1, 0.15) is 32.3 Å². The van der Waals surface area contributed by atoms with Crippen LogP contribution in [-0.2, 0) is 15.0 Å². The number of hydrogen-bond donors (Lipinski definition) is 1. The van der Waals surface area contributed by atoms with Crippen LogP contribution < -0.4 is 10.2 Å². The van der Waals surface area contributed by atoms with Crippen molar-refractivity contribution in [2.24, 2.45) is 5.41 Å².